The van der Waals surface area contributed by atoms with Crippen LogP contribution in [0.3, 0.4) is 0 Å². The average molecular weight is 288 g/mol. The zero-order chi connectivity index (χ0) is 13.4. The third-order valence-electron chi connectivity index (χ3n) is 2.75. The molecule has 0 aliphatic heterocycles. The van der Waals surface area contributed by atoms with Crippen LogP contribution in [0.2, 0.25) is 6.04 Å². The van der Waals surface area contributed by atoms with E-state index in [-0.39, 0.29) is 0 Å². The number of hydrogen-bond acceptors (Lipinski definition) is 4. The van der Waals surface area contributed by atoms with Crippen molar-refractivity contribution < 1.29 is 17.8 Å². The van der Waals surface area contributed by atoms with E-state index in [4.69, 9.17) is 13.3 Å². The smallest absolute Gasteiger partial charge is 0.500 e. The Morgan fingerprint density at radius 3 is 2.11 bits per heavy atom. The van der Waals surface area contributed by atoms with Gasteiger partial charge in [0.1, 0.15) is 5.75 Å². The Balaban J connectivity index is 2.42. The maximum atomic E-state index is 12.0. The maximum Gasteiger partial charge on any atom is 0.500 e. The molecule has 1 rings (SSSR count). The minimum Gasteiger partial charge on any atom is -0.611 e. The van der Waals surface area contributed by atoms with Crippen LogP contribution in [0.5, 0.6) is 0 Å². The van der Waals surface area contributed by atoms with Gasteiger partial charge in [0.15, 0.2) is 4.90 Å². The second-order valence-corrected chi connectivity index (χ2v) is 8.42. The quantitative estimate of drug-likeness (QED) is 0.543. The fourth-order valence-electron chi connectivity index (χ4n) is 1.67. The Morgan fingerprint density at radius 2 is 1.61 bits per heavy atom. The molecule has 1 atom stereocenters. The summed E-state index contributed by atoms with van der Waals surface area (Å²) in [4.78, 5) is 0.858. The molecule has 0 radical (unpaired) electrons. The van der Waals surface area contributed by atoms with Crippen molar-refractivity contribution in [3.05, 3.63) is 30.3 Å². The molecule has 1 aromatic rings. The van der Waals surface area contributed by atoms with E-state index in [0.717, 1.165) is 11.3 Å². The lowest BCUT2D eigenvalue weighted by Crippen LogP contribution is -2.42. The van der Waals surface area contributed by atoms with Gasteiger partial charge in [-0.1, -0.05) is 18.2 Å². The summed E-state index contributed by atoms with van der Waals surface area (Å²) < 4.78 is 28.0. The Hall–Kier alpha value is -0.373. The Morgan fingerprint density at radius 1 is 1.06 bits per heavy atom. The highest BCUT2D eigenvalue weighted by molar-refractivity contribution is 7.91. The van der Waals surface area contributed by atoms with Crippen molar-refractivity contribution in [1.29, 1.82) is 0 Å². The van der Waals surface area contributed by atoms with Crippen molar-refractivity contribution in [2.24, 2.45) is 0 Å². The lowest BCUT2D eigenvalue weighted by Gasteiger charge is -2.24. The normalized spacial score (nSPS) is 13.6. The molecule has 0 heterocycles. The SMILES string of the molecule is CO[Si](CCC[S+]([O-])c1ccccc1)(OC)OC. The van der Waals surface area contributed by atoms with E-state index in [0.29, 0.717) is 11.8 Å². The minimum absolute atomic E-state index is 0.592. The third kappa shape index (κ3) is 4.38. The van der Waals surface area contributed by atoms with Gasteiger partial charge in [0.25, 0.3) is 0 Å². The van der Waals surface area contributed by atoms with Crippen molar-refractivity contribution >= 4 is 20.0 Å². The van der Waals surface area contributed by atoms with Crippen LogP contribution in [0.25, 0.3) is 0 Å². The first-order valence-electron chi connectivity index (χ1n) is 5.76. The highest BCUT2D eigenvalue weighted by atomic mass is 32.2. The summed E-state index contributed by atoms with van der Waals surface area (Å²) in [7, 11) is 2.25. The van der Waals surface area contributed by atoms with Gasteiger partial charge in [0, 0.05) is 27.4 Å². The van der Waals surface area contributed by atoms with Crippen LogP contribution < -0.4 is 0 Å². The first kappa shape index (κ1) is 15.7. The van der Waals surface area contributed by atoms with Gasteiger partial charge in [0.2, 0.25) is 0 Å². The first-order valence-corrected chi connectivity index (χ1v) is 9.01. The Labute approximate surface area is 113 Å². The summed E-state index contributed by atoms with van der Waals surface area (Å²) in [5.74, 6) is 0.592. The van der Waals surface area contributed by atoms with Crippen LogP contribution >= 0.6 is 0 Å². The van der Waals surface area contributed by atoms with Crippen molar-refractivity contribution in [2.75, 3.05) is 27.1 Å². The molecule has 0 saturated heterocycles. The van der Waals surface area contributed by atoms with Gasteiger partial charge in [-0.25, -0.2) is 0 Å². The molecule has 1 unspecified atom stereocenters. The maximum absolute atomic E-state index is 12.0. The van der Waals surface area contributed by atoms with Crippen molar-refractivity contribution in [3.8, 4) is 0 Å². The van der Waals surface area contributed by atoms with Crippen molar-refractivity contribution in [3.63, 3.8) is 0 Å². The molecule has 0 fully saturated rings. The van der Waals surface area contributed by atoms with E-state index < -0.39 is 20.0 Å². The molecular weight excluding hydrogens is 268 g/mol. The Bertz CT molecular complexity index is 324. The van der Waals surface area contributed by atoms with Crippen LogP contribution in [-0.2, 0) is 24.5 Å². The highest BCUT2D eigenvalue weighted by Gasteiger charge is 2.37. The fraction of sp³-hybridized carbons (Fsp3) is 0.500. The second-order valence-electron chi connectivity index (χ2n) is 3.76. The summed E-state index contributed by atoms with van der Waals surface area (Å²) in [5.41, 5.74) is 0. The topological polar surface area (TPSA) is 50.8 Å². The minimum atomic E-state index is -2.52. The Kier molecular flexibility index (Phi) is 6.91. The average Bonchev–Trinajstić information content (AvgIpc) is 2.45. The molecule has 0 amide bonds. The number of benzene rings is 1. The fourth-order valence-corrected chi connectivity index (χ4v) is 4.75. The summed E-state index contributed by atoms with van der Waals surface area (Å²) in [6.07, 6.45) is 0.753. The van der Waals surface area contributed by atoms with Gasteiger partial charge in [-0.05, 0) is 29.7 Å². The van der Waals surface area contributed by atoms with Gasteiger partial charge in [0.05, 0.1) is 0 Å². The largest absolute Gasteiger partial charge is 0.611 e. The predicted molar refractivity (Wildman–Crippen MR) is 73.9 cm³/mol. The van der Waals surface area contributed by atoms with E-state index in [1.54, 1.807) is 21.3 Å². The van der Waals surface area contributed by atoms with Crippen LogP contribution in [0.15, 0.2) is 35.2 Å². The highest BCUT2D eigenvalue weighted by Crippen LogP contribution is 2.18. The van der Waals surface area contributed by atoms with Gasteiger partial charge >= 0.3 is 8.80 Å². The van der Waals surface area contributed by atoms with Crippen LogP contribution in [0.4, 0.5) is 0 Å². The molecule has 0 aliphatic rings. The van der Waals surface area contributed by atoms with Crippen LogP contribution in [0.1, 0.15) is 6.42 Å². The lowest BCUT2D eigenvalue weighted by molar-refractivity contribution is 0.123. The van der Waals surface area contributed by atoms with Crippen LogP contribution in [0, 0.1) is 0 Å². The molecule has 0 aromatic heterocycles. The molecule has 0 spiro atoms. The van der Waals surface area contributed by atoms with E-state index in [9.17, 15) is 4.55 Å². The van der Waals surface area contributed by atoms with E-state index >= 15 is 0 Å². The zero-order valence-corrected chi connectivity index (χ0v) is 12.9. The molecular formula is C12H20O4SSi. The monoisotopic (exact) mass is 288 g/mol. The summed E-state index contributed by atoms with van der Waals surface area (Å²) in [6.45, 7) is 0. The zero-order valence-electron chi connectivity index (χ0n) is 11.0. The standard InChI is InChI=1S/C12H20O4SSi/c1-14-18(15-2,16-3)11-7-10-17(13)12-8-5-4-6-9-12/h4-6,8-9H,7,10-11H2,1-3H3. The number of rotatable bonds is 8. The predicted octanol–water partition coefficient (Wildman–Crippen LogP) is 2.06. The summed E-state index contributed by atoms with van der Waals surface area (Å²) >= 11 is -0.968. The van der Waals surface area contributed by atoms with Gasteiger partial charge in [-0.2, -0.15) is 0 Å². The van der Waals surface area contributed by atoms with Gasteiger partial charge in [-0.15, -0.1) is 0 Å². The molecule has 0 aliphatic carbocycles. The van der Waals surface area contributed by atoms with Gasteiger partial charge < -0.3 is 17.8 Å². The lowest BCUT2D eigenvalue weighted by atomic mass is 10.4. The molecule has 1 aromatic carbocycles. The van der Waals surface area contributed by atoms with Crippen molar-refractivity contribution in [2.45, 2.75) is 17.4 Å². The molecule has 6 heteroatoms. The molecule has 0 saturated carbocycles. The first-order chi connectivity index (χ1) is 8.67. The third-order valence-corrected chi connectivity index (χ3v) is 7.04. The molecule has 18 heavy (non-hydrogen) atoms. The van der Waals surface area contributed by atoms with E-state index in [1.807, 2.05) is 30.3 Å². The summed E-state index contributed by atoms with van der Waals surface area (Å²) in [5, 5.41) is 0. The van der Waals surface area contributed by atoms with E-state index in [2.05, 4.69) is 0 Å². The van der Waals surface area contributed by atoms with Crippen LogP contribution in [-0.4, -0.2) is 40.4 Å². The molecule has 102 valence electrons. The molecule has 0 bridgehead atoms. The van der Waals surface area contributed by atoms with E-state index in [1.165, 1.54) is 0 Å². The second kappa shape index (κ2) is 7.93. The van der Waals surface area contributed by atoms with Gasteiger partial charge in [-0.3, -0.25) is 0 Å². The van der Waals surface area contributed by atoms with Crippen molar-refractivity contribution in [1.82, 2.24) is 0 Å². The molecule has 4 nitrogen and oxygen atoms in total. The molecule has 0 N–H and O–H groups in total. The number of hydrogen-bond donors (Lipinski definition) is 0. The summed E-state index contributed by atoms with van der Waals surface area (Å²) in [6, 6.07) is 10.1.